The monoisotopic (exact) mass is 632 g/mol. The molecule has 0 heterocycles. The van der Waals surface area contributed by atoms with Gasteiger partial charge in [0.05, 0.1) is 12.2 Å². The number of carbonyl (C=O) groups is 1. The zero-order chi connectivity index (χ0) is 32.2. The molecule has 0 amide bonds. The van der Waals surface area contributed by atoms with Gasteiger partial charge in [0.2, 0.25) is 5.82 Å². The molecular weight excluding hydrogens is 594 g/mol. The van der Waals surface area contributed by atoms with E-state index in [2.05, 4.69) is 0 Å². The molecule has 3 aromatic rings. The van der Waals surface area contributed by atoms with Crippen LogP contribution in [0, 0.1) is 53.7 Å². The van der Waals surface area contributed by atoms with Crippen LogP contribution in [0.3, 0.4) is 0 Å². The molecule has 5 rings (SSSR count). The Morgan fingerprint density at radius 2 is 1.29 bits per heavy atom. The summed E-state index contributed by atoms with van der Waals surface area (Å²) < 4.78 is 98.6. The molecule has 0 bridgehead atoms. The van der Waals surface area contributed by atoms with Crippen molar-refractivity contribution in [3.05, 3.63) is 88.0 Å². The second kappa shape index (κ2) is 14.3. The summed E-state index contributed by atoms with van der Waals surface area (Å²) in [4.78, 5) is 12.8. The highest BCUT2D eigenvalue weighted by molar-refractivity contribution is 5.90. The zero-order valence-electron chi connectivity index (χ0n) is 25.5. The number of aryl methyl sites for hydroxylation is 1. The van der Waals surface area contributed by atoms with Crippen molar-refractivity contribution in [1.82, 2.24) is 0 Å². The summed E-state index contributed by atoms with van der Waals surface area (Å²) in [6, 6.07) is 7.67. The Morgan fingerprint density at radius 1 is 0.689 bits per heavy atom. The summed E-state index contributed by atoms with van der Waals surface area (Å²) in [7, 11) is 0. The summed E-state index contributed by atoms with van der Waals surface area (Å²) in [5.74, 6) is -7.40. The molecule has 9 heteroatoms. The number of benzene rings is 3. The molecule has 2 aliphatic carbocycles. The molecule has 3 nitrogen and oxygen atoms in total. The van der Waals surface area contributed by atoms with Crippen LogP contribution in [0.5, 0.6) is 5.75 Å². The SMILES string of the molecule is CCCCOc1ccc(C2CCC(C3CCC(OC(=O)c4ccc(-c5ccc(C)c(F)c5F)c(F)c4F)CC3)CC2)c(F)c1F. The van der Waals surface area contributed by atoms with Gasteiger partial charge < -0.3 is 9.47 Å². The van der Waals surface area contributed by atoms with E-state index in [-0.39, 0.29) is 17.2 Å². The summed E-state index contributed by atoms with van der Waals surface area (Å²) in [5.41, 5.74) is -1.10. The third-order valence-electron chi connectivity index (χ3n) is 9.57. The van der Waals surface area contributed by atoms with Crippen LogP contribution in [0.4, 0.5) is 26.3 Å². The second-order valence-electron chi connectivity index (χ2n) is 12.4. The molecule has 0 aromatic heterocycles. The topological polar surface area (TPSA) is 35.5 Å². The van der Waals surface area contributed by atoms with Crippen LogP contribution >= 0.6 is 0 Å². The van der Waals surface area contributed by atoms with E-state index in [4.69, 9.17) is 9.47 Å². The molecule has 2 fully saturated rings. The van der Waals surface area contributed by atoms with Gasteiger partial charge in [-0.15, -0.1) is 0 Å². The molecule has 2 aliphatic rings. The number of halogens is 6. The standard InChI is InChI=1S/C36H38F6O3/c1-3-4-19-44-29-18-17-25(31(38)35(29)42)23-8-6-21(7-9-23)22-10-12-24(13-11-22)45-36(43)28-16-15-27(33(40)34(28)41)26-14-5-20(2)30(37)32(26)39/h5,14-18,21-24H,3-4,6-13,19H2,1-2H3. The average molecular weight is 633 g/mol. The van der Waals surface area contributed by atoms with Crippen molar-refractivity contribution < 1.29 is 40.6 Å². The largest absolute Gasteiger partial charge is 0.490 e. The quantitative estimate of drug-likeness (QED) is 0.134. The maximum absolute atomic E-state index is 14.9. The first-order chi connectivity index (χ1) is 21.6. The Balaban J connectivity index is 1.13. The highest BCUT2D eigenvalue weighted by Gasteiger charge is 2.34. The lowest BCUT2D eigenvalue weighted by Crippen LogP contribution is -2.30. The lowest BCUT2D eigenvalue weighted by atomic mass is 9.69. The zero-order valence-corrected chi connectivity index (χ0v) is 25.5. The number of hydrogen-bond acceptors (Lipinski definition) is 3. The van der Waals surface area contributed by atoms with Crippen molar-refractivity contribution in [1.29, 1.82) is 0 Å². The van der Waals surface area contributed by atoms with Crippen LogP contribution in [-0.4, -0.2) is 18.7 Å². The van der Waals surface area contributed by atoms with Gasteiger partial charge in [0.15, 0.2) is 34.8 Å². The number of rotatable bonds is 9. The van der Waals surface area contributed by atoms with E-state index in [1.165, 1.54) is 19.1 Å². The predicted molar refractivity (Wildman–Crippen MR) is 159 cm³/mol. The Labute approximate surface area is 259 Å². The Morgan fingerprint density at radius 3 is 1.93 bits per heavy atom. The van der Waals surface area contributed by atoms with E-state index in [9.17, 15) is 31.1 Å². The van der Waals surface area contributed by atoms with Crippen molar-refractivity contribution in [2.45, 2.75) is 90.1 Å². The average Bonchev–Trinajstić information content (AvgIpc) is 3.04. The molecule has 2 saturated carbocycles. The van der Waals surface area contributed by atoms with E-state index in [0.717, 1.165) is 69.6 Å². The molecule has 242 valence electrons. The van der Waals surface area contributed by atoms with E-state index < -0.39 is 63.7 Å². The van der Waals surface area contributed by atoms with Crippen molar-refractivity contribution in [3.8, 4) is 16.9 Å². The molecule has 0 radical (unpaired) electrons. The van der Waals surface area contributed by atoms with E-state index in [0.29, 0.717) is 36.8 Å². The summed E-state index contributed by atoms with van der Waals surface area (Å²) in [6.07, 6.45) is 7.25. The molecular formula is C36H38F6O3. The smallest absolute Gasteiger partial charge is 0.341 e. The fourth-order valence-electron chi connectivity index (χ4n) is 6.86. The molecule has 0 unspecified atom stereocenters. The molecule has 0 spiro atoms. The molecule has 3 aromatic carbocycles. The minimum Gasteiger partial charge on any atom is -0.490 e. The van der Waals surface area contributed by atoms with Gasteiger partial charge in [0.25, 0.3) is 0 Å². The number of ether oxygens (including phenoxy) is 2. The number of unbranched alkanes of at least 4 members (excludes halogenated alkanes) is 1. The van der Waals surface area contributed by atoms with Gasteiger partial charge >= 0.3 is 5.97 Å². The third-order valence-corrected chi connectivity index (χ3v) is 9.57. The fourth-order valence-corrected chi connectivity index (χ4v) is 6.86. The molecule has 45 heavy (non-hydrogen) atoms. The van der Waals surface area contributed by atoms with Crippen LogP contribution in [-0.2, 0) is 4.74 Å². The first-order valence-electron chi connectivity index (χ1n) is 15.8. The first-order valence-corrected chi connectivity index (χ1v) is 15.8. The van der Waals surface area contributed by atoms with Crippen LogP contribution in [0.2, 0.25) is 0 Å². The maximum Gasteiger partial charge on any atom is 0.341 e. The fraction of sp³-hybridized carbons (Fsp3) is 0.472. The maximum atomic E-state index is 14.9. The minimum atomic E-state index is -1.47. The van der Waals surface area contributed by atoms with Crippen molar-refractivity contribution >= 4 is 5.97 Å². The Kier molecular flexibility index (Phi) is 10.4. The van der Waals surface area contributed by atoms with Gasteiger partial charge in [-0.05, 0) is 106 Å². The molecule has 0 saturated heterocycles. The third kappa shape index (κ3) is 7.02. The number of esters is 1. The predicted octanol–water partition coefficient (Wildman–Crippen LogP) is 10.4. The first kappa shape index (κ1) is 32.9. The molecule has 0 aliphatic heterocycles. The van der Waals surface area contributed by atoms with Crippen molar-refractivity contribution in [2.75, 3.05) is 6.61 Å². The van der Waals surface area contributed by atoms with Crippen molar-refractivity contribution in [2.24, 2.45) is 11.8 Å². The Hall–Kier alpha value is -3.49. The normalized spacial score (nSPS) is 21.9. The highest BCUT2D eigenvalue weighted by Crippen LogP contribution is 2.44. The van der Waals surface area contributed by atoms with E-state index in [1.807, 2.05) is 6.92 Å². The van der Waals surface area contributed by atoms with Gasteiger partial charge in [-0.3, -0.25) is 0 Å². The van der Waals surface area contributed by atoms with Gasteiger partial charge in [0.1, 0.15) is 6.10 Å². The van der Waals surface area contributed by atoms with Gasteiger partial charge in [-0.1, -0.05) is 37.6 Å². The number of hydrogen-bond donors (Lipinski definition) is 0. The highest BCUT2D eigenvalue weighted by atomic mass is 19.2. The van der Waals surface area contributed by atoms with Crippen LogP contribution in [0.15, 0.2) is 36.4 Å². The molecule has 0 atom stereocenters. The van der Waals surface area contributed by atoms with Crippen LogP contribution < -0.4 is 4.74 Å². The second-order valence-corrected chi connectivity index (χ2v) is 12.4. The van der Waals surface area contributed by atoms with E-state index in [1.54, 1.807) is 6.07 Å². The summed E-state index contributed by atoms with van der Waals surface area (Å²) >= 11 is 0. The lowest BCUT2D eigenvalue weighted by Gasteiger charge is -2.37. The summed E-state index contributed by atoms with van der Waals surface area (Å²) in [5, 5.41) is 0. The van der Waals surface area contributed by atoms with Crippen LogP contribution in [0.25, 0.3) is 11.1 Å². The van der Waals surface area contributed by atoms with Gasteiger partial charge in [-0.2, -0.15) is 4.39 Å². The van der Waals surface area contributed by atoms with Gasteiger partial charge in [0, 0.05) is 11.1 Å². The van der Waals surface area contributed by atoms with Gasteiger partial charge in [-0.25, -0.2) is 26.7 Å². The lowest BCUT2D eigenvalue weighted by molar-refractivity contribution is 0.0109. The number of carbonyl (C=O) groups excluding carboxylic acids is 1. The van der Waals surface area contributed by atoms with E-state index >= 15 is 0 Å². The Bertz CT molecular complexity index is 1520. The van der Waals surface area contributed by atoms with Crippen molar-refractivity contribution in [3.63, 3.8) is 0 Å². The van der Waals surface area contributed by atoms with Crippen LogP contribution in [0.1, 0.15) is 98.5 Å². The molecule has 0 N–H and O–H groups in total. The minimum absolute atomic E-state index is 0.0290. The summed E-state index contributed by atoms with van der Waals surface area (Å²) in [6.45, 7) is 3.70.